The fourth-order valence-corrected chi connectivity index (χ4v) is 2.79. The first-order valence-electron chi connectivity index (χ1n) is 8.68. The summed E-state index contributed by atoms with van der Waals surface area (Å²) in [5.74, 6) is 0. The molecule has 0 heterocycles. The predicted molar refractivity (Wildman–Crippen MR) is 120 cm³/mol. The lowest BCUT2D eigenvalue weighted by molar-refractivity contribution is 0.832. The van der Waals surface area contributed by atoms with Crippen LogP contribution in [0.1, 0.15) is 18.1 Å². The second-order valence-corrected chi connectivity index (χ2v) is 6.40. The van der Waals surface area contributed by atoms with Crippen molar-refractivity contribution in [3.63, 3.8) is 0 Å². The molecule has 3 aromatic rings. The van der Waals surface area contributed by atoms with Crippen LogP contribution in [0.25, 0.3) is 0 Å². The molecular weight excluding hydrogens is 377 g/mol. The van der Waals surface area contributed by atoms with Crippen LogP contribution in [-0.2, 0) is 6.54 Å². The molecule has 0 spiro atoms. The molecule has 3 rings (SSSR count). The molecule has 0 atom stereocenters. The summed E-state index contributed by atoms with van der Waals surface area (Å²) in [5, 5.41) is 4.99. The van der Waals surface area contributed by atoms with Crippen LogP contribution in [0.15, 0.2) is 84.0 Å². The normalized spacial score (nSPS) is 10.4. The molecule has 0 radical (unpaired) electrons. The van der Waals surface area contributed by atoms with Crippen molar-refractivity contribution in [1.29, 1.82) is 0 Å². The summed E-state index contributed by atoms with van der Waals surface area (Å²) in [5.41, 5.74) is 7.47. The standard InChI is InChI=1S/C22H22ClN3.ClH/c1-2-26(17-19-6-4-3-5-7-19)22-14-8-18(9-15-22)16-24-25-21-12-10-20(23)11-13-21;/h3-16,25H,2,17H2,1H3;1H. The van der Waals surface area contributed by atoms with Crippen LogP contribution in [-0.4, -0.2) is 12.8 Å². The van der Waals surface area contributed by atoms with Crippen LogP contribution in [0.3, 0.4) is 0 Å². The molecule has 0 bridgehead atoms. The van der Waals surface area contributed by atoms with Crippen molar-refractivity contribution < 1.29 is 0 Å². The van der Waals surface area contributed by atoms with Crippen molar-refractivity contribution in [2.45, 2.75) is 13.5 Å². The maximum absolute atomic E-state index is 5.87. The maximum atomic E-state index is 5.87. The van der Waals surface area contributed by atoms with Gasteiger partial charge in [-0.25, -0.2) is 0 Å². The van der Waals surface area contributed by atoms with Gasteiger partial charge in [0, 0.05) is 23.8 Å². The average molecular weight is 400 g/mol. The van der Waals surface area contributed by atoms with Gasteiger partial charge in [-0.3, -0.25) is 5.43 Å². The van der Waals surface area contributed by atoms with Crippen LogP contribution >= 0.6 is 24.0 Å². The van der Waals surface area contributed by atoms with Crippen LogP contribution in [0.2, 0.25) is 5.02 Å². The van der Waals surface area contributed by atoms with E-state index in [-0.39, 0.29) is 12.4 Å². The van der Waals surface area contributed by atoms with Gasteiger partial charge in [-0.2, -0.15) is 5.10 Å². The van der Waals surface area contributed by atoms with Gasteiger partial charge in [0.05, 0.1) is 11.9 Å². The summed E-state index contributed by atoms with van der Waals surface area (Å²) < 4.78 is 0. The van der Waals surface area contributed by atoms with Crippen molar-refractivity contribution in [3.05, 3.63) is 95.0 Å². The van der Waals surface area contributed by atoms with Gasteiger partial charge in [-0.1, -0.05) is 54.1 Å². The third-order valence-corrected chi connectivity index (χ3v) is 4.36. The van der Waals surface area contributed by atoms with Crippen molar-refractivity contribution >= 4 is 41.6 Å². The first-order valence-corrected chi connectivity index (χ1v) is 9.06. The molecule has 0 saturated carbocycles. The van der Waals surface area contributed by atoms with E-state index >= 15 is 0 Å². The molecule has 0 amide bonds. The minimum Gasteiger partial charge on any atom is -0.367 e. The Labute approximate surface area is 172 Å². The number of nitrogens with one attached hydrogen (secondary N) is 1. The quantitative estimate of drug-likeness (QED) is 0.376. The summed E-state index contributed by atoms with van der Waals surface area (Å²) in [7, 11) is 0. The molecule has 1 N–H and O–H groups in total. The molecule has 3 nitrogen and oxygen atoms in total. The van der Waals surface area contributed by atoms with Gasteiger partial charge in [-0.05, 0) is 54.4 Å². The van der Waals surface area contributed by atoms with Gasteiger partial charge >= 0.3 is 0 Å². The van der Waals surface area contributed by atoms with Gasteiger partial charge in [0.2, 0.25) is 0 Å². The molecule has 3 aromatic carbocycles. The Hall–Kier alpha value is -2.49. The smallest absolute Gasteiger partial charge is 0.0562 e. The van der Waals surface area contributed by atoms with E-state index in [1.807, 2.05) is 36.5 Å². The number of halogens is 2. The highest BCUT2D eigenvalue weighted by Gasteiger charge is 2.04. The first kappa shape index (κ1) is 20.8. The predicted octanol–water partition coefficient (Wildman–Crippen LogP) is 6.23. The van der Waals surface area contributed by atoms with Gasteiger partial charge in [0.25, 0.3) is 0 Å². The lowest BCUT2D eigenvalue weighted by Gasteiger charge is -2.23. The number of nitrogens with zero attached hydrogens (tertiary/aromatic N) is 2. The highest BCUT2D eigenvalue weighted by Crippen LogP contribution is 2.18. The number of anilines is 2. The number of hydrazone groups is 1. The second-order valence-electron chi connectivity index (χ2n) is 5.97. The lowest BCUT2D eigenvalue weighted by Crippen LogP contribution is -2.21. The van der Waals surface area contributed by atoms with Gasteiger partial charge in [0.1, 0.15) is 0 Å². The molecule has 0 fully saturated rings. The second kappa shape index (κ2) is 10.6. The minimum absolute atomic E-state index is 0. The number of benzene rings is 3. The zero-order valence-electron chi connectivity index (χ0n) is 15.2. The topological polar surface area (TPSA) is 27.6 Å². The molecule has 0 unspecified atom stereocenters. The molecule has 5 heteroatoms. The van der Waals surface area contributed by atoms with E-state index in [1.165, 1.54) is 11.3 Å². The fourth-order valence-electron chi connectivity index (χ4n) is 2.67. The fraction of sp³-hybridized carbons (Fsp3) is 0.136. The lowest BCUT2D eigenvalue weighted by atomic mass is 10.1. The van der Waals surface area contributed by atoms with E-state index in [9.17, 15) is 0 Å². The van der Waals surface area contributed by atoms with E-state index in [4.69, 9.17) is 11.6 Å². The van der Waals surface area contributed by atoms with E-state index in [1.54, 1.807) is 0 Å². The minimum atomic E-state index is 0. The van der Waals surface area contributed by atoms with Gasteiger partial charge in [0.15, 0.2) is 0 Å². The number of hydrogen-bond acceptors (Lipinski definition) is 3. The summed E-state index contributed by atoms with van der Waals surface area (Å²) in [6.45, 7) is 4.04. The van der Waals surface area contributed by atoms with E-state index in [0.717, 1.165) is 24.3 Å². The molecule has 27 heavy (non-hydrogen) atoms. The van der Waals surface area contributed by atoms with Crippen LogP contribution in [0.5, 0.6) is 0 Å². The number of rotatable bonds is 7. The molecule has 0 aromatic heterocycles. The molecule has 0 aliphatic carbocycles. The number of hydrogen-bond donors (Lipinski definition) is 1. The van der Waals surface area contributed by atoms with Gasteiger partial charge < -0.3 is 4.90 Å². The Morgan fingerprint density at radius 3 is 2.22 bits per heavy atom. The van der Waals surface area contributed by atoms with Crippen LogP contribution < -0.4 is 10.3 Å². The SMILES string of the molecule is CCN(Cc1ccccc1)c1ccc(C=NNc2ccc(Cl)cc2)cc1.Cl. The Bertz CT molecular complexity index is 832. The first-order chi connectivity index (χ1) is 12.7. The molecule has 0 aliphatic rings. The van der Waals surface area contributed by atoms with Crippen molar-refractivity contribution in [3.8, 4) is 0 Å². The summed E-state index contributed by atoms with van der Waals surface area (Å²) >= 11 is 5.87. The largest absolute Gasteiger partial charge is 0.367 e. The summed E-state index contributed by atoms with van der Waals surface area (Å²) in [4.78, 5) is 2.35. The highest BCUT2D eigenvalue weighted by atomic mass is 35.5. The zero-order chi connectivity index (χ0) is 18.2. The van der Waals surface area contributed by atoms with Crippen LogP contribution in [0.4, 0.5) is 11.4 Å². The van der Waals surface area contributed by atoms with E-state index in [0.29, 0.717) is 5.02 Å². The Morgan fingerprint density at radius 2 is 1.59 bits per heavy atom. The Morgan fingerprint density at radius 1 is 0.926 bits per heavy atom. The highest BCUT2D eigenvalue weighted by molar-refractivity contribution is 6.30. The third-order valence-electron chi connectivity index (χ3n) is 4.11. The Balaban J connectivity index is 0.00000261. The molecular formula is C22H23Cl2N3. The summed E-state index contributed by atoms with van der Waals surface area (Å²) in [6, 6.07) is 26.4. The molecule has 140 valence electrons. The van der Waals surface area contributed by atoms with Crippen LogP contribution in [0, 0.1) is 0 Å². The van der Waals surface area contributed by atoms with Gasteiger partial charge in [-0.15, -0.1) is 12.4 Å². The molecule has 0 saturated heterocycles. The van der Waals surface area contributed by atoms with Crippen molar-refractivity contribution in [1.82, 2.24) is 0 Å². The van der Waals surface area contributed by atoms with E-state index in [2.05, 4.69) is 70.9 Å². The zero-order valence-corrected chi connectivity index (χ0v) is 16.8. The average Bonchev–Trinajstić information content (AvgIpc) is 2.69. The van der Waals surface area contributed by atoms with Crippen molar-refractivity contribution in [2.24, 2.45) is 5.10 Å². The summed E-state index contributed by atoms with van der Waals surface area (Å²) in [6.07, 6.45) is 1.81. The maximum Gasteiger partial charge on any atom is 0.0562 e. The molecule has 0 aliphatic heterocycles. The monoisotopic (exact) mass is 399 g/mol. The Kier molecular flexibility index (Phi) is 8.18. The third kappa shape index (κ3) is 6.31. The van der Waals surface area contributed by atoms with E-state index < -0.39 is 0 Å². The van der Waals surface area contributed by atoms with Crippen molar-refractivity contribution in [2.75, 3.05) is 16.9 Å².